The molecule has 1 atom stereocenters. The largest absolute Gasteiger partial charge is 0.506 e. The van der Waals surface area contributed by atoms with Crippen molar-refractivity contribution < 1.29 is 19.1 Å². The van der Waals surface area contributed by atoms with Crippen LogP contribution >= 0.6 is 34.5 Å². The zero-order valence-corrected chi connectivity index (χ0v) is 18.7. The number of hydrogen-bond donors (Lipinski definition) is 1. The van der Waals surface area contributed by atoms with E-state index in [9.17, 15) is 14.7 Å². The van der Waals surface area contributed by atoms with Crippen LogP contribution in [0.2, 0.25) is 10.0 Å². The van der Waals surface area contributed by atoms with Gasteiger partial charge in [-0.1, -0.05) is 34.5 Å². The first-order valence-electron chi connectivity index (χ1n) is 9.23. The highest BCUT2D eigenvalue weighted by Crippen LogP contribution is 2.33. The summed E-state index contributed by atoms with van der Waals surface area (Å²) in [5.41, 5.74) is 0.531. The van der Waals surface area contributed by atoms with E-state index in [1.807, 2.05) is 0 Å². The summed E-state index contributed by atoms with van der Waals surface area (Å²) in [5.74, 6) is -0.301. The minimum Gasteiger partial charge on any atom is -0.506 e. The van der Waals surface area contributed by atoms with Crippen molar-refractivity contribution in [3.63, 3.8) is 0 Å². The van der Waals surface area contributed by atoms with Crippen LogP contribution in [0, 0.1) is 0 Å². The van der Waals surface area contributed by atoms with Crippen LogP contribution in [-0.2, 0) is 9.53 Å². The quantitative estimate of drug-likeness (QED) is 0.578. The normalized spacial score (nSPS) is 16.3. The van der Waals surface area contributed by atoms with Crippen molar-refractivity contribution in [2.45, 2.75) is 19.9 Å². The molecule has 0 radical (unpaired) electrons. The predicted molar refractivity (Wildman–Crippen MR) is 118 cm³/mol. The van der Waals surface area contributed by atoms with Crippen LogP contribution in [-0.4, -0.2) is 22.2 Å². The summed E-state index contributed by atoms with van der Waals surface area (Å²) in [4.78, 5) is 30.8. The van der Waals surface area contributed by atoms with Gasteiger partial charge >= 0.3 is 5.97 Å². The number of rotatable bonds is 4. The van der Waals surface area contributed by atoms with E-state index in [-0.39, 0.29) is 27.5 Å². The molecule has 2 aromatic heterocycles. The second-order valence-corrected chi connectivity index (χ2v) is 8.48. The number of phenolic OH excluding ortho intramolecular Hbond substituents is 1. The van der Waals surface area contributed by atoms with Crippen LogP contribution in [0.4, 0.5) is 0 Å². The lowest BCUT2D eigenvalue weighted by Gasteiger charge is -2.20. The molecule has 1 aromatic carbocycles. The molecule has 0 unspecified atom stereocenters. The molecule has 0 saturated heterocycles. The van der Waals surface area contributed by atoms with Crippen molar-refractivity contribution in [3.8, 4) is 5.75 Å². The molecule has 0 aliphatic carbocycles. The zero-order valence-electron chi connectivity index (χ0n) is 16.4. The zero-order chi connectivity index (χ0) is 22.3. The number of fused-ring (bicyclic) bond motifs is 1. The Hall–Kier alpha value is -2.81. The SMILES string of the molecule is CCOC(=O)C1=C(C)n2c(s/c(=C\c3cc(Cl)cc(Cl)c3O)c2=O)=N[C@H]1c1ccco1. The van der Waals surface area contributed by atoms with Crippen molar-refractivity contribution in [2.24, 2.45) is 4.99 Å². The maximum Gasteiger partial charge on any atom is 0.338 e. The van der Waals surface area contributed by atoms with Gasteiger partial charge in [0.05, 0.1) is 28.0 Å². The van der Waals surface area contributed by atoms with E-state index in [0.29, 0.717) is 26.8 Å². The van der Waals surface area contributed by atoms with Gasteiger partial charge in [0.15, 0.2) is 4.80 Å². The van der Waals surface area contributed by atoms with Crippen molar-refractivity contribution >= 4 is 52.3 Å². The second kappa shape index (κ2) is 8.37. The standard InChI is InChI=1S/C21H16Cl2N2O5S/c1-3-29-20(28)16-10(2)25-19(27)15(8-11-7-12(22)9-13(23)18(11)26)31-21(25)24-17(16)14-5-4-6-30-14/h4-9,17,26H,3H2,1-2H3/b15-8-/t17-/m0/s1. The van der Waals surface area contributed by atoms with Gasteiger partial charge in [0, 0.05) is 16.3 Å². The lowest BCUT2D eigenvalue weighted by Crippen LogP contribution is -2.35. The Balaban J connectivity index is 1.97. The Labute approximate surface area is 190 Å². The molecule has 160 valence electrons. The maximum absolute atomic E-state index is 13.2. The van der Waals surface area contributed by atoms with Crippen LogP contribution in [0.3, 0.4) is 0 Å². The van der Waals surface area contributed by atoms with E-state index in [0.717, 1.165) is 11.3 Å². The third-order valence-electron chi connectivity index (χ3n) is 4.70. The molecule has 7 nitrogen and oxygen atoms in total. The highest BCUT2D eigenvalue weighted by Gasteiger charge is 2.32. The number of hydrogen-bond acceptors (Lipinski definition) is 7. The summed E-state index contributed by atoms with van der Waals surface area (Å²) in [6, 6.07) is 5.57. The number of thiazole rings is 1. The summed E-state index contributed by atoms with van der Waals surface area (Å²) in [7, 11) is 0. The molecule has 1 aliphatic heterocycles. The van der Waals surface area contributed by atoms with Crippen LogP contribution in [0.1, 0.15) is 31.2 Å². The van der Waals surface area contributed by atoms with E-state index in [1.54, 1.807) is 26.0 Å². The number of ether oxygens (including phenoxy) is 1. The third-order valence-corrected chi connectivity index (χ3v) is 6.19. The number of aromatic nitrogens is 1. The number of phenols is 1. The number of halogens is 2. The molecule has 4 rings (SSSR count). The minimum atomic E-state index is -0.742. The molecule has 31 heavy (non-hydrogen) atoms. The number of carbonyl (C=O) groups excluding carboxylic acids is 1. The first kappa shape index (κ1) is 21.4. The molecule has 3 aromatic rings. The monoisotopic (exact) mass is 478 g/mol. The predicted octanol–water partition coefficient (Wildman–Crippen LogP) is 3.51. The van der Waals surface area contributed by atoms with Crippen molar-refractivity contribution in [2.75, 3.05) is 6.61 Å². The Morgan fingerprint density at radius 2 is 2.19 bits per heavy atom. The number of allylic oxidation sites excluding steroid dienone is 1. The second-order valence-electron chi connectivity index (χ2n) is 6.63. The number of esters is 1. The van der Waals surface area contributed by atoms with Gasteiger partial charge in [-0.3, -0.25) is 9.36 Å². The number of furan rings is 1. The average Bonchev–Trinajstić information content (AvgIpc) is 3.34. The molecule has 1 N–H and O–H groups in total. The van der Waals surface area contributed by atoms with Crippen LogP contribution in [0.25, 0.3) is 11.8 Å². The maximum atomic E-state index is 13.2. The Morgan fingerprint density at radius 1 is 1.42 bits per heavy atom. The summed E-state index contributed by atoms with van der Waals surface area (Å²) in [5, 5.41) is 10.6. The molecule has 3 heterocycles. The van der Waals surface area contributed by atoms with Crippen LogP contribution in [0.5, 0.6) is 5.75 Å². The third kappa shape index (κ3) is 3.82. The summed E-state index contributed by atoms with van der Waals surface area (Å²) in [6.07, 6.45) is 2.98. The molecule has 0 amide bonds. The molecular weight excluding hydrogens is 463 g/mol. The van der Waals surface area contributed by atoms with E-state index < -0.39 is 17.6 Å². The molecule has 0 spiro atoms. The molecule has 0 saturated carbocycles. The van der Waals surface area contributed by atoms with Gasteiger partial charge in [-0.2, -0.15) is 0 Å². The number of carbonyl (C=O) groups is 1. The number of aromatic hydroxyl groups is 1. The van der Waals surface area contributed by atoms with E-state index >= 15 is 0 Å². The lowest BCUT2D eigenvalue weighted by molar-refractivity contribution is -0.138. The van der Waals surface area contributed by atoms with Gasteiger partial charge in [0.2, 0.25) is 0 Å². The fourth-order valence-corrected chi connectivity index (χ4v) is 4.85. The van der Waals surface area contributed by atoms with Gasteiger partial charge in [0.1, 0.15) is 17.6 Å². The van der Waals surface area contributed by atoms with E-state index in [2.05, 4.69) is 4.99 Å². The molecule has 0 fully saturated rings. The van der Waals surface area contributed by atoms with Gasteiger partial charge in [-0.15, -0.1) is 0 Å². The highest BCUT2D eigenvalue weighted by molar-refractivity contribution is 7.07. The number of nitrogens with zero attached hydrogens (tertiary/aromatic N) is 2. The minimum absolute atomic E-state index is 0.0726. The Kier molecular flexibility index (Phi) is 5.79. The van der Waals surface area contributed by atoms with Gasteiger partial charge in [0.25, 0.3) is 5.56 Å². The molecule has 0 bridgehead atoms. The van der Waals surface area contributed by atoms with Crippen molar-refractivity contribution in [1.82, 2.24) is 4.57 Å². The molecule has 1 aliphatic rings. The van der Waals surface area contributed by atoms with Gasteiger partial charge in [-0.25, -0.2) is 9.79 Å². The van der Waals surface area contributed by atoms with Crippen molar-refractivity contribution in [3.05, 3.63) is 77.2 Å². The smallest absolute Gasteiger partial charge is 0.338 e. The molecular formula is C21H16Cl2N2O5S. The van der Waals surface area contributed by atoms with E-state index in [4.69, 9.17) is 32.4 Å². The topological polar surface area (TPSA) is 94.0 Å². The number of benzene rings is 1. The first-order valence-corrected chi connectivity index (χ1v) is 10.8. The fraction of sp³-hybridized carbons (Fsp3) is 0.190. The van der Waals surface area contributed by atoms with Crippen LogP contribution in [0.15, 0.2) is 50.3 Å². The summed E-state index contributed by atoms with van der Waals surface area (Å²) < 4.78 is 12.3. The Bertz CT molecular complexity index is 1390. The Morgan fingerprint density at radius 3 is 2.87 bits per heavy atom. The van der Waals surface area contributed by atoms with Gasteiger partial charge in [-0.05, 0) is 44.2 Å². The fourth-order valence-electron chi connectivity index (χ4n) is 3.31. The summed E-state index contributed by atoms with van der Waals surface area (Å²) in [6.45, 7) is 3.54. The first-order chi connectivity index (χ1) is 14.8. The van der Waals surface area contributed by atoms with E-state index in [1.165, 1.54) is 29.0 Å². The molecule has 10 heteroatoms. The van der Waals surface area contributed by atoms with Crippen molar-refractivity contribution in [1.29, 1.82) is 0 Å². The van der Waals surface area contributed by atoms with Crippen LogP contribution < -0.4 is 14.9 Å². The summed E-state index contributed by atoms with van der Waals surface area (Å²) >= 11 is 13.1. The average molecular weight is 479 g/mol. The highest BCUT2D eigenvalue weighted by atomic mass is 35.5. The van der Waals surface area contributed by atoms with Gasteiger partial charge < -0.3 is 14.3 Å². The lowest BCUT2D eigenvalue weighted by atomic mass is 10.0.